The van der Waals surface area contributed by atoms with Crippen LogP contribution in [0.3, 0.4) is 0 Å². The first-order valence-electron chi connectivity index (χ1n) is 14.5. The summed E-state index contributed by atoms with van der Waals surface area (Å²) in [6.07, 6.45) is 7.02. The van der Waals surface area contributed by atoms with Gasteiger partial charge in [-0.25, -0.2) is 15.0 Å². The van der Waals surface area contributed by atoms with Crippen LogP contribution in [-0.4, -0.2) is 15.0 Å². The van der Waals surface area contributed by atoms with Crippen LogP contribution in [0.15, 0.2) is 139 Å². The first kappa shape index (κ1) is 24.4. The zero-order valence-electron chi connectivity index (χ0n) is 23.3. The molecular formula is C39H25N3S. The first-order chi connectivity index (χ1) is 21.2. The minimum atomic E-state index is -0.410. The average Bonchev–Trinajstić information content (AvgIpc) is 3.78. The Morgan fingerprint density at radius 2 is 1.21 bits per heavy atom. The summed E-state index contributed by atoms with van der Waals surface area (Å²) in [4.78, 5) is 16.1. The van der Waals surface area contributed by atoms with Gasteiger partial charge >= 0.3 is 0 Å². The van der Waals surface area contributed by atoms with E-state index in [2.05, 4.69) is 127 Å². The number of thiophene rings is 1. The summed E-state index contributed by atoms with van der Waals surface area (Å²) >= 11 is 1.64. The Morgan fingerprint density at radius 1 is 0.605 bits per heavy atom. The molecule has 6 aromatic rings. The van der Waals surface area contributed by atoms with Crippen molar-refractivity contribution in [1.82, 2.24) is 15.0 Å². The average molecular weight is 568 g/mol. The maximum absolute atomic E-state index is 5.09. The van der Waals surface area contributed by atoms with Gasteiger partial charge in [0.25, 0.3) is 0 Å². The summed E-state index contributed by atoms with van der Waals surface area (Å²) in [7, 11) is 0. The van der Waals surface area contributed by atoms with Crippen LogP contribution in [0.5, 0.6) is 0 Å². The highest BCUT2D eigenvalue weighted by atomic mass is 32.1. The summed E-state index contributed by atoms with van der Waals surface area (Å²) in [5.74, 6) is 2.02. The van der Waals surface area contributed by atoms with Crippen LogP contribution < -0.4 is 0 Å². The Hall–Kier alpha value is -5.19. The summed E-state index contributed by atoms with van der Waals surface area (Å²) in [6.45, 7) is 4.31. The molecule has 2 heterocycles. The third-order valence-electron chi connectivity index (χ3n) is 9.02. The van der Waals surface area contributed by atoms with E-state index in [9.17, 15) is 0 Å². The lowest BCUT2D eigenvalue weighted by Crippen LogP contribution is -2.25. The van der Waals surface area contributed by atoms with Gasteiger partial charge in [0.2, 0.25) is 0 Å². The molecule has 0 saturated carbocycles. The van der Waals surface area contributed by atoms with Crippen LogP contribution in [0.2, 0.25) is 0 Å². The summed E-state index contributed by atoms with van der Waals surface area (Å²) in [5.41, 5.74) is 12.9. The minimum absolute atomic E-state index is 0.410. The van der Waals surface area contributed by atoms with Gasteiger partial charge in [-0.1, -0.05) is 116 Å². The monoisotopic (exact) mass is 567 g/mol. The second-order valence-corrected chi connectivity index (χ2v) is 12.2. The lowest BCUT2D eigenvalue weighted by atomic mass is 9.70. The van der Waals surface area contributed by atoms with Crippen molar-refractivity contribution >= 4 is 16.9 Å². The van der Waals surface area contributed by atoms with Gasteiger partial charge in [0.05, 0.1) is 10.3 Å². The molecule has 0 unspecified atom stereocenters. The number of hydrogen-bond acceptors (Lipinski definition) is 4. The molecule has 0 atom stereocenters. The fraction of sp³-hybridized carbons (Fsp3) is 0.0513. The topological polar surface area (TPSA) is 38.7 Å². The maximum atomic E-state index is 5.09. The highest BCUT2D eigenvalue weighted by Gasteiger charge is 2.51. The minimum Gasteiger partial charge on any atom is -0.208 e. The Bertz CT molecular complexity index is 2120. The molecule has 2 aromatic heterocycles. The Labute approximate surface area is 254 Å². The van der Waals surface area contributed by atoms with E-state index < -0.39 is 5.41 Å². The van der Waals surface area contributed by atoms with Crippen LogP contribution in [0, 0.1) is 0 Å². The molecule has 0 fully saturated rings. The van der Waals surface area contributed by atoms with Crippen LogP contribution >= 0.6 is 11.3 Å². The van der Waals surface area contributed by atoms with E-state index in [4.69, 9.17) is 15.0 Å². The number of aromatic nitrogens is 3. The maximum Gasteiger partial charge on any atom is 0.174 e. The predicted molar refractivity (Wildman–Crippen MR) is 176 cm³/mol. The molecule has 0 saturated heterocycles. The molecule has 0 bridgehead atoms. The molecule has 3 aliphatic carbocycles. The van der Waals surface area contributed by atoms with Crippen molar-refractivity contribution < 1.29 is 0 Å². The van der Waals surface area contributed by atoms with Gasteiger partial charge in [-0.05, 0) is 74.0 Å². The van der Waals surface area contributed by atoms with Crippen molar-refractivity contribution in [3.05, 3.63) is 167 Å². The largest absolute Gasteiger partial charge is 0.208 e. The molecule has 0 aliphatic heterocycles. The molecule has 43 heavy (non-hydrogen) atoms. The molecular weight excluding hydrogens is 543 g/mol. The Kier molecular flexibility index (Phi) is 5.20. The Balaban J connectivity index is 1.32. The highest BCUT2D eigenvalue weighted by molar-refractivity contribution is 7.13. The van der Waals surface area contributed by atoms with Gasteiger partial charge < -0.3 is 0 Å². The molecule has 0 radical (unpaired) electrons. The number of nitrogens with zero attached hydrogens (tertiary/aromatic N) is 3. The van der Waals surface area contributed by atoms with Crippen LogP contribution in [0.25, 0.3) is 49.9 Å². The molecule has 0 N–H and O–H groups in total. The van der Waals surface area contributed by atoms with Crippen molar-refractivity contribution in [3.8, 4) is 44.3 Å². The SMILES string of the molecule is C=C1CC=CC=C1c1nc(-c2ccc3c(c2)C2(c4ccccc4-c4ccccc42)c2ccccc2-3)nc(-c2cccs2)n1. The fourth-order valence-corrected chi connectivity index (χ4v) is 7.87. The quantitative estimate of drug-likeness (QED) is 0.213. The van der Waals surface area contributed by atoms with Crippen molar-refractivity contribution in [2.75, 3.05) is 0 Å². The first-order valence-corrected chi connectivity index (χ1v) is 15.4. The van der Waals surface area contributed by atoms with Gasteiger partial charge in [0, 0.05) is 11.1 Å². The van der Waals surface area contributed by atoms with Gasteiger partial charge in [0.1, 0.15) is 0 Å². The van der Waals surface area contributed by atoms with E-state index in [0.29, 0.717) is 17.5 Å². The van der Waals surface area contributed by atoms with E-state index in [1.165, 1.54) is 44.5 Å². The molecule has 202 valence electrons. The van der Waals surface area contributed by atoms with Gasteiger partial charge in [-0.3, -0.25) is 0 Å². The standard InChI is InChI=1S/C39H25N3S/c1-24-11-2-3-12-26(24)37-40-36(41-38(42-37)35-19-10-22-43-35)25-20-21-30-29-15-6-9-18-33(29)39(34(30)23-25)31-16-7-4-13-27(31)28-14-5-8-17-32(28)39/h2-10,12-23H,1,11H2. The number of hydrogen-bond donors (Lipinski definition) is 0. The normalized spacial score (nSPS) is 15.2. The van der Waals surface area contributed by atoms with Crippen molar-refractivity contribution in [2.45, 2.75) is 11.8 Å². The van der Waals surface area contributed by atoms with Crippen LogP contribution in [-0.2, 0) is 5.41 Å². The van der Waals surface area contributed by atoms with Crippen molar-refractivity contribution in [2.24, 2.45) is 0 Å². The lowest BCUT2D eigenvalue weighted by Gasteiger charge is -2.30. The van der Waals surface area contributed by atoms with E-state index in [1.54, 1.807) is 11.3 Å². The number of benzene rings is 4. The summed E-state index contributed by atoms with van der Waals surface area (Å²) in [6, 6.07) is 37.5. The van der Waals surface area contributed by atoms with Crippen LogP contribution in [0.4, 0.5) is 0 Å². The fourth-order valence-electron chi connectivity index (χ4n) is 7.21. The van der Waals surface area contributed by atoms with Crippen LogP contribution in [0.1, 0.15) is 34.5 Å². The summed E-state index contributed by atoms with van der Waals surface area (Å²) in [5, 5.41) is 2.06. The zero-order valence-corrected chi connectivity index (χ0v) is 24.1. The van der Waals surface area contributed by atoms with Gasteiger partial charge in [0.15, 0.2) is 17.5 Å². The molecule has 9 rings (SSSR count). The smallest absolute Gasteiger partial charge is 0.174 e. The zero-order chi connectivity index (χ0) is 28.5. The number of allylic oxidation sites excluding steroid dienone is 5. The number of fused-ring (bicyclic) bond motifs is 10. The van der Waals surface area contributed by atoms with E-state index in [0.717, 1.165) is 28.0 Å². The van der Waals surface area contributed by atoms with E-state index >= 15 is 0 Å². The third-order valence-corrected chi connectivity index (χ3v) is 9.88. The molecule has 0 amide bonds. The van der Waals surface area contributed by atoms with Crippen molar-refractivity contribution in [1.29, 1.82) is 0 Å². The Morgan fingerprint density at radius 3 is 1.84 bits per heavy atom. The van der Waals surface area contributed by atoms with Crippen molar-refractivity contribution in [3.63, 3.8) is 0 Å². The molecule has 4 aromatic carbocycles. The van der Waals surface area contributed by atoms with Gasteiger partial charge in [-0.2, -0.15) is 0 Å². The highest BCUT2D eigenvalue weighted by Crippen LogP contribution is 2.62. The molecule has 4 heteroatoms. The lowest BCUT2D eigenvalue weighted by molar-refractivity contribution is 0.794. The van der Waals surface area contributed by atoms with E-state index in [-0.39, 0.29) is 0 Å². The van der Waals surface area contributed by atoms with Gasteiger partial charge in [-0.15, -0.1) is 11.3 Å². The second-order valence-electron chi connectivity index (χ2n) is 11.2. The molecule has 3 nitrogen and oxygen atoms in total. The van der Waals surface area contributed by atoms with E-state index in [1.807, 2.05) is 6.07 Å². The summed E-state index contributed by atoms with van der Waals surface area (Å²) < 4.78 is 0. The molecule has 3 aliphatic rings. The second kappa shape index (κ2) is 9.15. The molecule has 1 spiro atoms. The predicted octanol–water partition coefficient (Wildman–Crippen LogP) is 9.51. The number of rotatable bonds is 3. The third kappa shape index (κ3) is 3.38.